The highest BCUT2D eigenvalue weighted by Gasteiger charge is 2.15. The molecule has 1 atom stereocenters. The Kier molecular flexibility index (Phi) is 4.07. The summed E-state index contributed by atoms with van der Waals surface area (Å²) in [7, 11) is 0. The van der Waals surface area contributed by atoms with Crippen molar-refractivity contribution in [3.05, 3.63) is 35.4 Å². The smallest absolute Gasteiger partial charge is 0.126 e. The molecule has 1 aromatic rings. The van der Waals surface area contributed by atoms with Gasteiger partial charge in [-0.15, -0.1) is 0 Å². The number of nitrogens with zero attached hydrogens (tertiary/aromatic N) is 1. The lowest BCUT2D eigenvalue weighted by Crippen LogP contribution is -2.49. The Morgan fingerprint density at radius 2 is 2.00 bits per heavy atom. The molecule has 1 fully saturated rings. The first-order chi connectivity index (χ1) is 8.13. The maximum Gasteiger partial charge on any atom is 0.126 e. The van der Waals surface area contributed by atoms with Crippen molar-refractivity contribution in [1.29, 1.82) is 0 Å². The predicted molar refractivity (Wildman–Crippen MR) is 64.0 cm³/mol. The van der Waals surface area contributed by atoms with Crippen LogP contribution in [0.4, 0.5) is 8.78 Å². The summed E-state index contributed by atoms with van der Waals surface area (Å²) in [5.41, 5.74) is 0.730. The summed E-state index contributed by atoms with van der Waals surface area (Å²) in [5, 5.41) is 3.37. The standard InChI is InChI=1S/C13H18F2N2/c1-10-9-17(5-3-16-10)4-2-11-6-12(14)8-13(15)7-11/h6-8,10,16H,2-5,9H2,1H3. The largest absolute Gasteiger partial charge is 0.312 e. The van der Waals surface area contributed by atoms with Crippen LogP contribution in [0.5, 0.6) is 0 Å². The number of nitrogens with one attached hydrogen (secondary N) is 1. The van der Waals surface area contributed by atoms with Gasteiger partial charge in [0.1, 0.15) is 11.6 Å². The van der Waals surface area contributed by atoms with Crippen LogP contribution in [0, 0.1) is 11.6 Å². The highest BCUT2D eigenvalue weighted by molar-refractivity contribution is 5.18. The van der Waals surface area contributed by atoms with E-state index in [-0.39, 0.29) is 0 Å². The summed E-state index contributed by atoms with van der Waals surface area (Å²) in [4.78, 5) is 2.32. The minimum absolute atomic E-state index is 0.492. The van der Waals surface area contributed by atoms with Crippen LogP contribution in [-0.2, 0) is 6.42 Å². The molecule has 0 aromatic heterocycles. The van der Waals surface area contributed by atoms with E-state index >= 15 is 0 Å². The third-order valence-corrected chi connectivity index (χ3v) is 3.09. The first-order valence-corrected chi connectivity index (χ1v) is 6.04. The Labute approximate surface area is 101 Å². The van der Waals surface area contributed by atoms with Gasteiger partial charge in [-0.05, 0) is 31.0 Å². The number of piperazine rings is 1. The summed E-state index contributed by atoms with van der Waals surface area (Å²) < 4.78 is 26.0. The summed E-state index contributed by atoms with van der Waals surface area (Å²) in [6.07, 6.45) is 0.696. The van der Waals surface area contributed by atoms with Crippen LogP contribution in [-0.4, -0.2) is 37.1 Å². The lowest BCUT2D eigenvalue weighted by Gasteiger charge is -2.31. The summed E-state index contributed by atoms with van der Waals surface area (Å²) in [6, 6.07) is 4.23. The Morgan fingerprint density at radius 1 is 1.29 bits per heavy atom. The zero-order valence-corrected chi connectivity index (χ0v) is 10.0. The molecule has 0 radical (unpaired) electrons. The minimum atomic E-state index is -0.492. The summed E-state index contributed by atoms with van der Waals surface area (Å²) in [6.45, 7) is 5.99. The molecule has 1 aliphatic heterocycles. The lowest BCUT2D eigenvalue weighted by molar-refractivity contribution is 0.209. The van der Waals surface area contributed by atoms with Gasteiger partial charge in [-0.3, -0.25) is 0 Å². The van der Waals surface area contributed by atoms with Gasteiger partial charge in [0.25, 0.3) is 0 Å². The van der Waals surface area contributed by atoms with Gasteiger partial charge in [-0.25, -0.2) is 8.78 Å². The Morgan fingerprint density at radius 3 is 2.65 bits per heavy atom. The molecule has 0 saturated carbocycles. The number of hydrogen-bond acceptors (Lipinski definition) is 2. The predicted octanol–water partition coefficient (Wildman–Crippen LogP) is 1.80. The van der Waals surface area contributed by atoms with E-state index in [1.165, 1.54) is 12.1 Å². The molecule has 94 valence electrons. The Balaban J connectivity index is 1.88. The van der Waals surface area contributed by atoms with E-state index in [4.69, 9.17) is 0 Å². The molecule has 1 aliphatic rings. The van der Waals surface area contributed by atoms with E-state index in [1.807, 2.05) is 0 Å². The molecule has 2 rings (SSSR count). The zero-order valence-electron chi connectivity index (χ0n) is 10.0. The SMILES string of the molecule is CC1CN(CCc2cc(F)cc(F)c2)CCN1. The molecule has 0 bridgehead atoms. The molecule has 0 spiro atoms. The molecule has 2 nitrogen and oxygen atoms in total. The highest BCUT2D eigenvalue weighted by atomic mass is 19.1. The van der Waals surface area contributed by atoms with E-state index < -0.39 is 11.6 Å². The topological polar surface area (TPSA) is 15.3 Å². The van der Waals surface area contributed by atoms with E-state index in [1.54, 1.807) is 0 Å². The second-order valence-electron chi connectivity index (χ2n) is 4.68. The Bertz CT molecular complexity index is 361. The summed E-state index contributed by atoms with van der Waals surface area (Å²) in [5.74, 6) is -0.984. The van der Waals surface area contributed by atoms with Gasteiger partial charge >= 0.3 is 0 Å². The number of hydrogen-bond donors (Lipinski definition) is 1. The summed E-state index contributed by atoms with van der Waals surface area (Å²) >= 11 is 0. The van der Waals surface area contributed by atoms with Gasteiger partial charge in [0.2, 0.25) is 0 Å². The van der Waals surface area contributed by atoms with Crippen LogP contribution in [0.2, 0.25) is 0 Å². The van der Waals surface area contributed by atoms with E-state index in [9.17, 15) is 8.78 Å². The molecule has 1 saturated heterocycles. The van der Waals surface area contributed by atoms with Gasteiger partial charge in [0, 0.05) is 38.3 Å². The first-order valence-electron chi connectivity index (χ1n) is 6.04. The average Bonchev–Trinajstić information content (AvgIpc) is 2.25. The first kappa shape index (κ1) is 12.5. The molecule has 0 aliphatic carbocycles. The Hall–Kier alpha value is -1.00. The average molecular weight is 240 g/mol. The van der Waals surface area contributed by atoms with Gasteiger partial charge in [-0.2, -0.15) is 0 Å². The van der Waals surface area contributed by atoms with Gasteiger partial charge in [0.15, 0.2) is 0 Å². The molecule has 4 heteroatoms. The van der Waals surface area contributed by atoms with Crippen LogP contribution in [0.15, 0.2) is 18.2 Å². The van der Waals surface area contributed by atoms with Crippen molar-refractivity contribution in [3.8, 4) is 0 Å². The molecule has 1 heterocycles. The van der Waals surface area contributed by atoms with Crippen molar-refractivity contribution < 1.29 is 8.78 Å². The fourth-order valence-corrected chi connectivity index (χ4v) is 2.26. The monoisotopic (exact) mass is 240 g/mol. The molecule has 1 aromatic carbocycles. The van der Waals surface area contributed by atoms with Gasteiger partial charge in [-0.1, -0.05) is 0 Å². The fourth-order valence-electron chi connectivity index (χ4n) is 2.26. The lowest BCUT2D eigenvalue weighted by atomic mass is 10.1. The quantitative estimate of drug-likeness (QED) is 0.866. The van der Waals surface area contributed by atoms with Crippen molar-refractivity contribution in [2.45, 2.75) is 19.4 Å². The van der Waals surface area contributed by atoms with Crippen molar-refractivity contribution in [3.63, 3.8) is 0 Å². The molecular formula is C13H18F2N2. The second kappa shape index (κ2) is 5.56. The van der Waals surface area contributed by atoms with E-state index in [2.05, 4.69) is 17.1 Å². The van der Waals surface area contributed by atoms with Crippen LogP contribution < -0.4 is 5.32 Å². The zero-order chi connectivity index (χ0) is 12.3. The molecule has 17 heavy (non-hydrogen) atoms. The van der Waals surface area contributed by atoms with Crippen molar-refractivity contribution in [1.82, 2.24) is 10.2 Å². The van der Waals surface area contributed by atoms with Crippen LogP contribution in [0.25, 0.3) is 0 Å². The van der Waals surface area contributed by atoms with Gasteiger partial charge < -0.3 is 10.2 Å². The molecule has 1 unspecified atom stereocenters. The number of benzene rings is 1. The molecule has 0 amide bonds. The fraction of sp³-hybridized carbons (Fsp3) is 0.538. The maximum atomic E-state index is 13.0. The third kappa shape index (κ3) is 3.75. The van der Waals surface area contributed by atoms with E-state index in [0.717, 1.165) is 37.8 Å². The normalized spacial score (nSPS) is 21.7. The van der Waals surface area contributed by atoms with Crippen LogP contribution in [0.3, 0.4) is 0 Å². The second-order valence-corrected chi connectivity index (χ2v) is 4.68. The maximum absolute atomic E-state index is 13.0. The molecular weight excluding hydrogens is 222 g/mol. The van der Waals surface area contributed by atoms with Crippen molar-refractivity contribution in [2.75, 3.05) is 26.2 Å². The van der Waals surface area contributed by atoms with Crippen LogP contribution >= 0.6 is 0 Å². The molecule has 1 N–H and O–H groups in total. The minimum Gasteiger partial charge on any atom is -0.312 e. The van der Waals surface area contributed by atoms with Crippen molar-refractivity contribution in [2.24, 2.45) is 0 Å². The number of halogens is 2. The van der Waals surface area contributed by atoms with Crippen LogP contribution in [0.1, 0.15) is 12.5 Å². The van der Waals surface area contributed by atoms with Crippen molar-refractivity contribution >= 4 is 0 Å². The third-order valence-electron chi connectivity index (χ3n) is 3.09. The van der Waals surface area contributed by atoms with Gasteiger partial charge in [0.05, 0.1) is 0 Å². The van der Waals surface area contributed by atoms with E-state index in [0.29, 0.717) is 12.5 Å². The highest BCUT2D eigenvalue weighted by Crippen LogP contribution is 2.09. The number of rotatable bonds is 3.